The Kier molecular flexibility index (Phi) is 5.54. The molecular weight excluding hydrogens is 348 g/mol. The molecule has 1 aliphatic heterocycles. The van der Waals surface area contributed by atoms with Crippen LogP contribution in [0.3, 0.4) is 0 Å². The molecule has 27 heavy (non-hydrogen) atoms. The number of carbonyl (C=O) groups excluding carboxylic acids is 3. The first-order chi connectivity index (χ1) is 13.0. The Morgan fingerprint density at radius 1 is 1.30 bits per heavy atom. The Morgan fingerprint density at radius 3 is 2.74 bits per heavy atom. The number of benzene rings is 1. The van der Waals surface area contributed by atoms with Crippen LogP contribution >= 0.6 is 0 Å². The van der Waals surface area contributed by atoms with Crippen LogP contribution in [0.5, 0.6) is 0 Å². The van der Waals surface area contributed by atoms with Gasteiger partial charge in [-0.05, 0) is 12.5 Å². The first kappa shape index (κ1) is 18.6. The summed E-state index contributed by atoms with van der Waals surface area (Å²) >= 11 is 0. The minimum absolute atomic E-state index is 0.0605. The van der Waals surface area contributed by atoms with Gasteiger partial charge in [0.05, 0.1) is 18.7 Å². The standard InChI is InChI=1S/C19H22N4O4/c1-3-27-19(26)15-10-20-22(2)17(15)21-18(25)14-9-16(24)23(12-14)11-13-7-5-4-6-8-13/h4-8,10,14H,3,9,11-12H2,1-2H3,(H,21,25). The molecule has 0 saturated carbocycles. The Morgan fingerprint density at radius 2 is 2.04 bits per heavy atom. The molecule has 2 heterocycles. The van der Waals surface area contributed by atoms with Crippen LogP contribution in [-0.4, -0.2) is 45.6 Å². The molecule has 0 aliphatic carbocycles. The average Bonchev–Trinajstić information content (AvgIpc) is 3.20. The highest BCUT2D eigenvalue weighted by atomic mass is 16.5. The van der Waals surface area contributed by atoms with E-state index in [0.717, 1.165) is 5.56 Å². The highest BCUT2D eigenvalue weighted by Gasteiger charge is 2.35. The lowest BCUT2D eigenvalue weighted by atomic mass is 10.1. The number of esters is 1. The summed E-state index contributed by atoms with van der Waals surface area (Å²) < 4.78 is 6.39. The van der Waals surface area contributed by atoms with Gasteiger partial charge in [0.2, 0.25) is 11.8 Å². The van der Waals surface area contributed by atoms with Gasteiger partial charge in [-0.3, -0.25) is 14.3 Å². The second kappa shape index (κ2) is 8.03. The van der Waals surface area contributed by atoms with Gasteiger partial charge in [0, 0.05) is 26.6 Å². The number of hydrogen-bond acceptors (Lipinski definition) is 5. The molecule has 142 valence electrons. The monoisotopic (exact) mass is 370 g/mol. The number of hydrogen-bond donors (Lipinski definition) is 1. The molecular formula is C19H22N4O4. The summed E-state index contributed by atoms with van der Waals surface area (Å²) in [6.07, 6.45) is 1.50. The molecule has 2 amide bonds. The smallest absolute Gasteiger partial charge is 0.343 e. The number of likely N-dealkylation sites (tertiary alicyclic amines) is 1. The quantitative estimate of drug-likeness (QED) is 0.780. The first-order valence-electron chi connectivity index (χ1n) is 8.81. The second-order valence-corrected chi connectivity index (χ2v) is 6.40. The van der Waals surface area contributed by atoms with Crippen molar-refractivity contribution in [3.8, 4) is 0 Å². The predicted molar refractivity (Wildman–Crippen MR) is 97.8 cm³/mol. The average molecular weight is 370 g/mol. The topological polar surface area (TPSA) is 93.5 Å². The van der Waals surface area contributed by atoms with Gasteiger partial charge in [0.25, 0.3) is 0 Å². The van der Waals surface area contributed by atoms with Crippen LogP contribution in [0, 0.1) is 5.92 Å². The fourth-order valence-corrected chi connectivity index (χ4v) is 3.07. The van der Waals surface area contributed by atoms with E-state index < -0.39 is 11.9 Å². The van der Waals surface area contributed by atoms with E-state index in [1.54, 1.807) is 18.9 Å². The summed E-state index contributed by atoms with van der Waals surface area (Å²) in [7, 11) is 1.62. The Bertz CT molecular complexity index is 847. The highest BCUT2D eigenvalue weighted by molar-refractivity contribution is 6.02. The number of nitrogens with one attached hydrogen (secondary N) is 1. The van der Waals surface area contributed by atoms with Gasteiger partial charge in [-0.15, -0.1) is 0 Å². The molecule has 1 aromatic heterocycles. The minimum atomic E-state index is -0.547. The molecule has 1 fully saturated rings. The van der Waals surface area contributed by atoms with Crippen LogP contribution in [0.4, 0.5) is 5.82 Å². The number of nitrogens with zero attached hydrogens (tertiary/aromatic N) is 3. The van der Waals surface area contributed by atoms with E-state index >= 15 is 0 Å². The fourth-order valence-electron chi connectivity index (χ4n) is 3.07. The zero-order valence-electron chi connectivity index (χ0n) is 15.3. The van der Waals surface area contributed by atoms with Crippen molar-refractivity contribution in [3.63, 3.8) is 0 Å². The molecule has 2 aromatic rings. The predicted octanol–water partition coefficient (Wildman–Crippen LogP) is 1.58. The SMILES string of the molecule is CCOC(=O)c1cnn(C)c1NC(=O)C1CC(=O)N(Cc2ccccc2)C1. The van der Waals surface area contributed by atoms with Crippen LogP contribution in [0.2, 0.25) is 0 Å². The minimum Gasteiger partial charge on any atom is -0.462 e. The van der Waals surface area contributed by atoms with Crippen LogP contribution in [0.15, 0.2) is 36.5 Å². The van der Waals surface area contributed by atoms with Gasteiger partial charge >= 0.3 is 5.97 Å². The van der Waals surface area contributed by atoms with Gasteiger partial charge in [-0.2, -0.15) is 5.10 Å². The van der Waals surface area contributed by atoms with Gasteiger partial charge in [0.1, 0.15) is 11.4 Å². The van der Waals surface area contributed by atoms with Gasteiger partial charge in [-0.1, -0.05) is 30.3 Å². The van der Waals surface area contributed by atoms with Crippen molar-refractivity contribution in [1.82, 2.24) is 14.7 Å². The summed E-state index contributed by atoms with van der Waals surface area (Å²) in [5.41, 5.74) is 1.21. The van der Waals surface area contributed by atoms with Crippen molar-refractivity contribution >= 4 is 23.6 Å². The normalized spacial score (nSPS) is 16.4. The third kappa shape index (κ3) is 4.16. The van der Waals surface area contributed by atoms with Crippen LogP contribution in [0.1, 0.15) is 29.3 Å². The molecule has 8 heteroatoms. The van der Waals surface area contributed by atoms with Crippen molar-refractivity contribution < 1.29 is 19.1 Å². The third-order valence-electron chi connectivity index (χ3n) is 4.48. The Hall–Kier alpha value is -3.16. The van der Waals surface area contributed by atoms with E-state index in [4.69, 9.17) is 4.74 Å². The molecule has 3 rings (SSSR count). The lowest BCUT2D eigenvalue weighted by Crippen LogP contribution is -2.29. The largest absolute Gasteiger partial charge is 0.462 e. The summed E-state index contributed by atoms with van der Waals surface area (Å²) in [4.78, 5) is 38.6. The summed E-state index contributed by atoms with van der Waals surface area (Å²) in [5, 5.41) is 6.74. The Labute approximate surface area is 157 Å². The molecule has 1 aromatic carbocycles. The number of aryl methyl sites for hydroxylation is 1. The van der Waals surface area contributed by atoms with Crippen LogP contribution in [0.25, 0.3) is 0 Å². The van der Waals surface area contributed by atoms with Crippen molar-refractivity contribution in [2.24, 2.45) is 13.0 Å². The zero-order chi connectivity index (χ0) is 19.4. The molecule has 1 N–H and O–H groups in total. The molecule has 1 saturated heterocycles. The number of amides is 2. The van der Waals surface area contributed by atoms with Crippen LogP contribution < -0.4 is 5.32 Å². The van der Waals surface area contributed by atoms with Gasteiger partial charge < -0.3 is 15.0 Å². The van der Waals surface area contributed by atoms with Gasteiger partial charge in [0.15, 0.2) is 0 Å². The van der Waals surface area contributed by atoms with Crippen molar-refractivity contribution in [3.05, 3.63) is 47.7 Å². The molecule has 0 radical (unpaired) electrons. The highest BCUT2D eigenvalue weighted by Crippen LogP contribution is 2.23. The lowest BCUT2D eigenvalue weighted by molar-refractivity contribution is -0.128. The molecule has 1 unspecified atom stereocenters. The number of ether oxygens (including phenoxy) is 1. The van der Waals surface area contributed by atoms with E-state index in [0.29, 0.717) is 13.1 Å². The second-order valence-electron chi connectivity index (χ2n) is 6.40. The molecule has 8 nitrogen and oxygen atoms in total. The van der Waals surface area contributed by atoms with Crippen molar-refractivity contribution in [2.75, 3.05) is 18.5 Å². The van der Waals surface area contributed by atoms with E-state index in [1.165, 1.54) is 10.9 Å². The maximum atomic E-state index is 12.7. The van der Waals surface area contributed by atoms with E-state index in [9.17, 15) is 14.4 Å². The van der Waals surface area contributed by atoms with E-state index in [2.05, 4.69) is 10.4 Å². The first-order valence-corrected chi connectivity index (χ1v) is 8.81. The van der Waals surface area contributed by atoms with Crippen LogP contribution in [-0.2, 0) is 27.9 Å². The molecule has 0 bridgehead atoms. The number of aromatic nitrogens is 2. The van der Waals surface area contributed by atoms with E-state index in [-0.39, 0.29) is 36.2 Å². The fraction of sp³-hybridized carbons (Fsp3) is 0.368. The van der Waals surface area contributed by atoms with Crippen molar-refractivity contribution in [1.29, 1.82) is 0 Å². The number of carbonyl (C=O) groups is 3. The summed E-state index contributed by atoms with van der Waals surface area (Å²) in [5.74, 6) is -1.13. The van der Waals surface area contributed by atoms with E-state index in [1.807, 2.05) is 30.3 Å². The summed E-state index contributed by atoms with van der Waals surface area (Å²) in [6, 6.07) is 9.64. The maximum Gasteiger partial charge on any atom is 0.343 e. The number of rotatable bonds is 6. The molecule has 1 atom stereocenters. The molecule has 0 spiro atoms. The third-order valence-corrected chi connectivity index (χ3v) is 4.48. The van der Waals surface area contributed by atoms with Gasteiger partial charge in [-0.25, -0.2) is 4.79 Å². The zero-order valence-corrected chi connectivity index (χ0v) is 15.3. The lowest BCUT2D eigenvalue weighted by Gasteiger charge is -2.17. The number of anilines is 1. The maximum absolute atomic E-state index is 12.7. The molecule has 1 aliphatic rings. The van der Waals surface area contributed by atoms with Crippen molar-refractivity contribution in [2.45, 2.75) is 19.9 Å². The summed E-state index contributed by atoms with van der Waals surface area (Å²) in [6.45, 7) is 2.75. The Balaban J connectivity index is 1.66.